The van der Waals surface area contributed by atoms with Gasteiger partial charge in [-0.3, -0.25) is 4.79 Å². The lowest BCUT2D eigenvalue weighted by molar-refractivity contribution is -0.111. The Morgan fingerprint density at radius 3 is 2.26 bits per heavy atom. The van der Waals surface area contributed by atoms with Crippen LogP contribution < -0.4 is 11.1 Å². The minimum atomic E-state index is -0.208. The van der Waals surface area contributed by atoms with Crippen molar-refractivity contribution in [2.45, 2.75) is 33.4 Å². The number of hydrogen-bond donors (Lipinski definition) is 2. The van der Waals surface area contributed by atoms with Crippen LogP contribution in [-0.2, 0) is 10.5 Å². The van der Waals surface area contributed by atoms with E-state index < -0.39 is 0 Å². The first-order valence-corrected chi connectivity index (χ1v) is 12.5. The van der Waals surface area contributed by atoms with Crippen molar-refractivity contribution < 1.29 is 4.79 Å². The molecule has 0 spiro atoms. The molecular weight excluding hydrogens is 436 g/mol. The van der Waals surface area contributed by atoms with Crippen LogP contribution >= 0.6 is 11.8 Å². The molecule has 0 aliphatic carbocycles. The number of carbonyl (C=O) groups is 1. The van der Waals surface area contributed by atoms with Gasteiger partial charge in [0.1, 0.15) is 0 Å². The van der Waals surface area contributed by atoms with E-state index in [4.69, 9.17) is 5.73 Å². The summed E-state index contributed by atoms with van der Waals surface area (Å²) in [6, 6.07) is 23.8. The maximum Gasteiger partial charge on any atom is 0.248 e. The summed E-state index contributed by atoms with van der Waals surface area (Å²) in [4.78, 5) is 13.4. The minimum absolute atomic E-state index is 0.208. The van der Waals surface area contributed by atoms with Gasteiger partial charge in [0.15, 0.2) is 0 Å². The third-order valence-electron chi connectivity index (χ3n) is 4.93. The van der Waals surface area contributed by atoms with Crippen LogP contribution in [0.25, 0.3) is 12.2 Å². The highest BCUT2D eigenvalue weighted by atomic mass is 32.2. The number of nitrogen functional groups attached to an aromatic ring is 1. The van der Waals surface area contributed by atoms with Crippen LogP contribution in [0.4, 0.5) is 11.4 Å². The number of rotatable bonds is 8. The van der Waals surface area contributed by atoms with Gasteiger partial charge in [-0.2, -0.15) is 0 Å². The fraction of sp³-hybridized carbons (Fsp3) is 0.167. The zero-order valence-corrected chi connectivity index (χ0v) is 21.2. The smallest absolute Gasteiger partial charge is 0.248 e. The van der Waals surface area contributed by atoms with Crippen molar-refractivity contribution in [3.05, 3.63) is 118 Å². The Hall–Kier alpha value is -3.50. The summed E-state index contributed by atoms with van der Waals surface area (Å²) >= 11 is 1.81. The van der Waals surface area contributed by atoms with Gasteiger partial charge in [0.2, 0.25) is 5.91 Å². The maximum absolute atomic E-state index is 12.1. The number of nitrogens with two attached hydrogens (primary N) is 1. The SMILES string of the molecule is C/C=C(\C=C/c1ccccc1C)SCc1ccc(/C=C/C(=O)Nc2ccccc2N)cc1.CC. The Balaban J connectivity index is 0.00000199. The van der Waals surface area contributed by atoms with Gasteiger partial charge in [-0.1, -0.05) is 86.7 Å². The first-order chi connectivity index (χ1) is 16.5. The molecule has 0 unspecified atom stereocenters. The summed E-state index contributed by atoms with van der Waals surface area (Å²) < 4.78 is 0. The summed E-state index contributed by atoms with van der Waals surface area (Å²) in [7, 11) is 0. The van der Waals surface area contributed by atoms with E-state index in [2.05, 4.69) is 73.8 Å². The second kappa shape index (κ2) is 14.6. The molecule has 3 nitrogen and oxygen atoms in total. The molecule has 0 heterocycles. The third kappa shape index (κ3) is 8.80. The van der Waals surface area contributed by atoms with Gasteiger partial charge < -0.3 is 11.1 Å². The number of nitrogens with one attached hydrogen (secondary N) is 1. The molecule has 0 atom stereocenters. The van der Waals surface area contributed by atoms with Crippen LogP contribution in [0.2, 0.25) is 0 Å². The third-order valence-corrected chi connectivity index (χ3v) is 6.11. The first kappa shape index (κ1) is 26.7. The van der Waals surface area contributed by atoms with E-state index in [1.165, 1.54) is 27.7 Å². The van der Waals surface area contributed by atoms with E-state index in [1.807, 2.05) is 38.1 Å². The lowest BCUT2D eigenvalue weighted by atomic mass is 10.1. The Morgan fingerprint density at radius 1 is 0.912 bits per heavy atom. The molecular formula is C30H34N2OS. The van der Waals surface area contributed by atoms with E-state index >= 15 is 0 Å². The van der Waals surface area contributed by atoms with Crippen LogP contribution in [0.3, 0.4) is 0 Å². The second-order valence-electron chi connectivity index (χ2n) is 7.32. The molecule has 176 valence electrons. The molecule has 3 N–H and O–H groups in total. The van der Waals surface area contributed by atoms with Crippen LogP contribution in [0, 0.1) is 6.92 Å². The standard InChI is InChI=1S/C28H28N2OS.C2H6/c1-3-25(18-17-24-9-5-4-8-21(24)2)32-20-23-14-12-22(13-15-23)16-19-28(31)30-27-11-7-6-10-26(27)29;1-2/h3-19H,20,29H2,1-2H3,(H,30,31);1-2H3/b18-17-,19-16+,25-3+;. The van der Waals surface area contributed by atoms with Gasteiger partial charge in [-0.25, -0.2) is 0 Å². The van der Waals surface area contributed by atoms with E-state index in [0.717, 1.165) is 11.3 Å². The van der Waals surface area contributed by atoms with Gasteiger partial charge in [-0.15, -0.1) is 11.8 Å². The van der Waals surface area contributed by atoms with Gasteiger partial charge >= 0.3 is 0 Å². The molecule has 3 rings (SSSR count). The normalized spacial score (nSPS) is 11.4. The van der Waals surface area contributed by atoms with Crippen LogP contribution in [0.1, 0.15) is 43.0 Å². The highest BCUT2D eigenvalue weighted by Crippen LogP contribution is 2.24. The molecule has 1 amide bonds. The molecule has 4 heteroatoms. The predicted octanol–water partition coefficient (Wildman–Crippen LogP) is 8.11. The van der Waals surface area contributed by atoms with E-state index in [0.29, 0.717) is 11.4 Å². The van der Waals surface area contributed by atoms with Gasteiger partial charge in [0.25, 0.3) is 0 Å². The molecule has 0 saturated heterocycles. The van der Waals surface area contributed by atoms with E-state index in [-0.39, 0.29) is 5.91 Å². The first-order valence-electron chi connectivity index (χ1n) is 11.5. The zero-order chi connectivity index (χ0) is 24.8. The fourth-order valence-corrected chi connectivity index (χ4v) is 3.88. The number of hydrogen-bond acceptors (Lipinski definition) is 3. The molecule has 3 aromatic carbocycles. The van der Waals surface area contributed by atoms with Crippen molar-refractivity contribution in [3.63, 3.8) is 0 Å². The Kier molecular flexibility index (Phi) is 11.5. The number of amides is 1. The van der Waals surface area contributed by atoms with Gasteiger partial charge in [0, 0.05) is 16.7 Å². The van der Waals surface area contributed by atoms with Crippen molar-refractivity contribution >= 4 is 41.2 Å². The number of allylic oxidation sites excluding steroid dienone is 2. The molecule has 34 heavy (non-hydrogen) atoms. The summed E-state index contributed by atoms with van der Waals surface area (Å²) in [6.45, 7) is 8.19. The van der Waals surface area contributed by atoms with Crippen molar-refractivity contribution in [2.24, 2.45) is 0 Å². The molecule has 0 aromatic heterocycles. The quantitative estimate of drug-likeness (QED) is 0.199. The van der Waals surface area contributed by atoms with Gasteiger partial charge in [0.05, 0.1) is 11.4 Å². The van der Waals surface area contributed by atoms with Gasteiger partial charge in [-0.05, 0) is 60.4 Å². The van der Waals surface area contributed by atoms with E-state index in [1.54, 1.807) is 30.0 Å². The van der Waals surface area contributed by atoms with E-state index in [9.17, 15) is 4.79 Å². The molecule has 3 aromatic rings. The average molecular weight is 471 g/mol. The molecule has 0 bridgehead atoms. The molecule has 0 radical (unpaired) electrons. The summed E-state index contributed by atoms with van der Waals surface area (Å²) in [5.41, 5.74) is 11.7. The number of aryl methyl sites for hydroxylation is 1. The van der Waals surface area contributed by atoms with Crippen LogP contribution in [0.5, 0.6) is 0 Å². The van der Waals surface area contributed by atoms with Crippen molar-refractivity contribution in [1.82, 2.24) is 0 Å². The number of para-hydroxylation sites is 2. The van der Waals surface area contributed by atoms with Crippen molar-refractivity contribution in [2.75, 3.05) is 11.1 Å². The largest absolute Gasteiger partial charge is 0.397 e. The molecule has 0 saturated carbocycles. The Bertz CT molecular complexity index is 1140. The topological polar surface area (TPSA) is 55.1 Å². The lowest BCUT2D eigenvalue weighted by Gasteiger charge is -2.05. The second-order valence-corrected chi connectivity index (χ2v) is 8.37. The Labute approximate surface area is 208 Å². The Morgan fingerprint density at radius 2 is 1.59 bits per heavy atom. The molecule has 0 aliphatic rings. The average Bonchev–Trinajstić information content (AvgIpc) is 2.87. The highest BCUT2D eigenvalue weighted by Gasteiger charge is 2.01. The summed E-state index contributed by atoms with van der Waals surface area (Å²) in [6.07, 6.45) is 9.79. The van der Waals surface area contributed by atoms with Crippen molar-refractivity contribution in [1.29, 1.82) is 0 Å². The summed E-state index contributed by atoms with van der Waals surface area (Å²) in [5, 5.41) is 2.79. The highest BCUT2D eigenvalue weighted by molar-refractivity contribution is 8.02. The maximum atomic E-state index is 12.1. The number of carbonyl (C=O) groups excluding carboxylic acids is 1. The molecule has 0 aliphatic heterocycles. The number of benzene rings is 3. The predicted molar refractivity (Wildman–Crippen MR) is 152 cm³/mol. The van der Waals surface area contributed by atoms with Crippen LogP contribution in [0.15, 0.2) is 95.9 Å². The van der Waals surface area contributed by atoms with Crippen LogP contribution in [-0.4, -0.2) is 5.91 Å². The molecule has 0 fully saturated rings. The summed E-state index contributed by atoms with van der Waals surface area (Å²) in [5.74, 6) is 0.677. The zero-order valence-electron chi connectivity index (χ0n) is 20.4. The monoisotopic (exact) mass is 470 g/mol. The lowest BCUT2D eigenvalue weighted by Crippen LogP contribution is -2.09. The van der Waals surface area contributed by atoms with Crippen molar-refractivity contribution in [3.8, 4) is 0 Å². The minimum Gasteiger partial charge on any atom is -0.397 e. The fourth-order valence-electron chi connectivity index (χ4n) is 3.02. The number of anilines is 2. The number of thioether (sulfide) groups is 1.